The van der Waals surface area contributed by atoms with Crippen molar-refractivity contribution in [1.29, 1.82) is 0 Å². The molecule has 0 spiro atoms. The average Bonchev–Trinajstić information content (AvgIpc) is 3.13. The maximum atomic E-state index is 12.7. The number of aliphatic hydroxyl groups is 4. The Bertz CT molecular complexity index is 809. The molecule has 0 saturated carbocycles. The van der Waals surface area contributed by atoms with E-state index in [1.807, 2.05) is 0 Å². The van der Waals surface area contributed by atoms with Crippen LogP contribution in [0, 0.1) is 0 Å². The molecule has 0 aliphatic carbocycles. The minimum Gasteiger partial charge on any atom is -0.462 e. The molecule has 1 unspecified atom stereocenters. The molecule has 0 aromatic carbocycles. The van der Waals surface area contributed by atoms with Crippen LogP contribution in [0.4, 0.5) is 0 Å². The fourth-order valence-electron chi connectivity index (χ4n) is 6.60. The van der Waals surface area contributed by atoms with Crippen molar-refractivity contribution in [3.05, 3.63) is 0 Å². The monoisotopic (exact) mass is 731 g/mol. The predicted octanol–water partition coefficient (Wildman–Crippen LogP) is 8.22. The number of ether oxygens (including phenoxy) is 4. The minimum absolute atomic E-state index is 0.209. The first-order chi connectivity index (χ1) is 24.8. The number of esters is 2. The number of aliphatic hydroxyl groups excluding tert-OH is 4. The summed E-state index contributed by atoms with van der Waals surface area (Å²) in [5.74, 6) is -0.795. The fraction of sp³-hybridized carbons (Fsp3) is 0.951. The Morgan fingerprint density at radius 3 is 1.33 bits per heavy atom. The Morgan fingerprint density at radius 1 is 0.529 bits per heavy atom. The molecule has 302 valence electrons. The van der Waals surface area contributed by atoms with Gasteiger partial charge in [-0.3, -0.25) is 9.59 Å². The van der Waals surface area contributed by atoms with Crippen molar-refractivity contribution in [3.8, 4) is 0 Å². The topological polar surface area (TPSA) is 152 Å². The third-order valence-corrected chi connectivity index (χ3v) is 9.99. The molecule has 0 aromatic rings. The van der Waals surface area contributed by atoms with E-state index in [2.05, 4.69) is 13.8 Å². The molecule has 0 aromatic heterocycles. The highest BCUT2D eigenvalue weighted by molar-refractivity contribution is 5.70. The van der Waals surface area contributed by atoms with Crippen LogP contribution in [-0.4, -0.2) is 89.0 Å². The summed E-state index contributed by atoms with van der Waals surface area (Å²) in [4.78, 5) is 25.2. The Morgan fingerprint density at radius 2 is 0.922 bits per heavy atom. The Kier molecular flexibility index (Phi) is 31.1. The molecule has 1 aliphatic heterocycles. The second-order valence-corrected chi connectivity index (χ2v) is 14.8. The first-order valence-electron chi connectivity index (χ1n) is 21.1. The standard InChI is InChI=1S/C41H78O10/c1-3-5-7-9-11-13-15-17-19-21-23-25-27-29-36(43)48-32-34(33-49-41-40(47)39(46)38(45)35(31-42)51-41)50-37(44)30-28-26-24-22-20-18-16-14-12-10-8-6-4-2/h34-35,38-42,45-47H,3-33H2,1-2H3/t34?,35-,38+,39+,40-,41-/m1/s1. The lowest BCUT2D eigenvalue weighted by Crippen LogP contribution is -2.59. The second kappa shape index (κ2) is 33.3. The number of hydrogen-bond acceptors (Lipinski definition) is 10. The molecule has 4 N–H and O–H groups in total. The first-order valence-corrected chi connectivity index (χ1v) is 21.1. The second-order valence-electron chi connectivity index (χ2n) is 14.8. The summed E-state index contributed by atoms with van der Waals surface area (Å²) in [6.45, 7) is 3.43. The highest BCUT2D eigenvalue weighted by atomic mass is 16.7. The Labute approximate surface area is 310 Å². The lowest BCUT2D eigenvalue weighted by molar-refractivity contribution is -0.305. The van der Waals surface area contributed by atoms with Crippen molar-refractivity contribution in [2.24, 2.45) is 0 Å². The number of unbranched alkanes of at least 4 members (excludes halogenated alkanes) is 24. The van der Waals surface area contributed by atoms with Crippen molar-refractivity contribution < 1.29 is 49.0 Å². The molecule has 0 bridgehead atoms. The zero-order valence-corrected chi connectivity index (χ0v) is 32.6. The van der Waals surface area contributed by atoms with E-state index in [-0.39, 0.29) is 32.0 Å². The Hall–Kier alpha value is -1.30. The zero-order chi connectivity index (χ0) is 37.4. The zero-order valence-electron chi connectivity index (χ0n) is 32.6. The van der Waals surface area contributed by atoms with Crippen LogP contribution in [0.3, 0.4) is 0 Å². The van der Waals surface area contributed by atoms with Crippen molar-refractivity contribution in [2.45, 2.75) is 230 Å². The summed E-state index contributed by atoms with van der Waals surface area (Å²) in [6, 6.07) is 0. The molecule has 1 rings (SSSR count). The maximum Gasteiger partial charge on any atom is 0.306 e. The van der Waals surface area contributed by atoms with E-state index >= 15 is 0 Å². The first kappa shape index (κ1) is 47.7. The van der Waals surface area contributed by atoms with Crippen molar-refractivity contribution in [2.75, 3.05) is 19.8 Å². The van der Waals surface area contributed by atoms with E-state index in [0.717, 1.165) is 38.5 Å². The van der Waals surface area contributed by atoms with Gasteiger partial charge in [-0.15, -0.1) is 0 Å². The van der Waals surface area contributed by atoms with Crippen LogP contribution in [0.1, 0.15) is 194 Å². The molecule has 1 saturated heterocycles. The highest BCUT2D eigenvalue weighted by Crippen LogP contribution is 2.23. The normalized spacial score (nSPS) is 21.1. The van der Waals surface area contributed by atoms with Crippen LogP contribution in [0.2, 0.25) is 0 Å². The van der Waals surface area contributed by atoms with Crippen molar-refractivity contribution in [3.63, 3.8) is 0 Å². The summed E-state index contributed by atoms with van der Waals surface area (Å²) in [5.41, 5.74) is 0. The van der Waals surface area contributed by atoms with E-state index in [4.69, 9.17) is 18.9 Å². The number of carbonyl (C=O) groups excluding carboxylic acids is 2. The van der Waals surface area contributed by atoms with Gasteiger partial charge in [-0.05, 0) is 12.8 Å². The summed E-state index contributed by atoms with van der Waals surface area (Å²) in [7, 11) is 0. The van der Waals surface area contributed by atoms with Gasteiger partial charge in [0.1, 0.15) is 31.0 Å². The molecule has 10 nitrogen and oxygen atoms in total. The van der Waals surface area contributed by atoms with E-state index in [0.29, 0.717) is 6.42 Å². The van der Waals surface area contributed by atoms with Crippen LogP contribution in [0.25, 0.3) is 0 Å². The molecule has 1 aliphatic rings. The van der Waals surface area contributed by atoms with Gasteiger partial charge in [0.05, 0.1) is 13.2 Å². The van der Waals surface area contributed by atoms with Crippen LogP contribution in [0.5, 0.6) is 0 Å². The van der Waals surface area contributed by atoms with E-state index in [1.54, 1.807) is 0 Å². The third-order valence-electron chi connectivity index (χ3n) is 9.99. The smallest absolute Gasteiger partial charge is 0.306 e. The number of hydrogen-bond donors (Lipinski definition) is 4. The van der Waals surface area contributed by atoms with Gasteiger partial charge in [0.15, 0.2) is 12.4 Å². The van der Waals surface area contributed by atoms with E-state index < -0.39 is 49.4 Å². The maximum absolute atomic E-state index is 12.7. The number of carbonyl (C=O) groups is 2. The molecule has 0 amide bonds. The summed E-state index contributed by atoms with van der Waals surface area (Å²) >= 11 is 0. The lowest BCUT2D eigenvalue weighted by Gasteiger charge is -2.39. The van der Waals surface area contributed by atoms with E-state index in [9.17, 15) is 30.0 Å². The molecular formula is C41H78O10. The molecule has 1 heterocycles. The third kappa shape index (κ3) is 25.4. The number of rotatable bonds is 35. The highest BCUT2D eigenvalue weighted by Gasteiger charge is 2.44. The summed E-state index contributed by atoms with van der Waals surface area (Å²) < 4.78 is 22.1. The van der Waals surface area contributed by atoms with Gasteiger partial charge >= 0.3 is 11.9 Å². The summed E-state index contributed by atoms with van der Waals surface area (Å²) in [5, 5.41) is 40.0. The van der Waals surface area contributed by atoms with Crippen molar-refractivity contribution in [1.82, 2.24) is 0 Å². The SMILES string of the molecule is CCCCCCCCCCCCCCCC(=O)OCC(CO[C@@H]1O[C@H](CO)[C@H](O)[C@H](O)[C@H]1O)OC(=O)CCCCCCCCCCCCCCC. The van der Waals surface area contributed by atoms with Crippen LogP contribution in [0.15, 0.2) is 0 Å². The lowest BCUT2D eigenvalue weighted by atomic mass is 9.99. The molecule has 51 heavy (non-hydrogen) atoms. The van der Waals surface area contributed by atoms with Gasteiger partial charge in [-0.25, -0.2) is 0 Å². The largest absolute Gasteiger partial charge is 0.462 e. The molecule has 1 fully saturated rings. The fourth-order valence-corrected chi connectivity index (χ4v) is 6.60. The van der Waals surface area contributed by atoms with Gasteiger partial charge in [-0.1, -0.05) is 168 Å². The minimum atomic E-state index is -1.59. The average molecular weight is 731 g/mol. The van der Waals surface area contributed by atoms with Crippen LogP contribution in [-0.2, 0) is 28.5 Å². The molecule has 10 heteroatoms. The quantitative estimate of drug-likeness (QED) is 0.0371. The Balaban J connectivity index is 2.35. The molecule has 6 atom stereocenters. The van der Waals surface area contributed by atoms with Crippen molar-refractivity contribution >= 4 is 11.9 Å². The van der Waals surface area contributed by atoms with Crippen LogP contribution < -0.4 is 0 Å². The van der Waals surface area contributed by atoms with Gasteiger partial charge < -0.3 is 39.4 Å². The van der Waals surface area contributed by atoms with Gasteiger partial charge in [0, 0.05) is 12.8 Å². The predicted molar refractivity (Wildman–Crippen MR) is 201 cm³/mol. The van der Waals surface area contributed by atoms with Gasteiger partial charge in [0.2, 0.25) is 0 Å². The van der Waals surface area contributed by atoms with Gasteiger partial charge in [-0.2, -0.15) is 0 Å². The molecular weight excluding hydrogens is 652 g/mol. The van der Waals surface area contributed by atoms with Gasteiger partial charge in [0.25, 0.3) is 0 Å². The summed E-state index contributed by atoms with van der Waals surface area (Å²) in [6.07, 6.45) is 23.9. The van der Waals surface area contributed by atoms with Crippen LogP contribution >= 0.6 is 0 Å². The molecule has 0 radical (unpaired) electrons. The van der Waals surface area contributed by atoms with E-state index in [1.165, 1.54) is 122 Å².